The van der Waals surface area contributed by atoms with Gasteiger partial charge in [0.05, 0.1) is 21.4 Å². The van der Waals surface area contributed by atoms with Crippen LogP contribution >= 0.6 is 23.4 Å². The van der Waals surface area contributed by atoms with Gasteiger partial charge in [0.25, 0.3) is 5.69 Å². The Hall–Kier alpha value is -2.45. The Kier molecular flexibility index (Phi) is 10.5. The standard InChI is InChI=1S/C27H38ClN3O4S/c1-26(2,3)20-14-18(15-21(25(20)33)27(4,5)6)8-7-13-36-17-24(32)30-12-11-29-23-10-9-19(31(34)35)16-22(23)28/h9-10,14-16,29,33H,7-8,11-13,17H2,1-6H3,(H,30,32). The Morgan fingerprint density at radius 3 is 2.19 bits per heavy atom. The SMILES string of the molecule is CC(C)(C)c1cc(CCCSCC(=O)NCCNc2ccc([N+](=O)[O-])cc2Cl)cc(C(C)(C)C)c1O. The van der Waals surface area contributed by atoms with Crippen LogP contribution in [0.2, 0.25) is 5.02 Å². The summed E-state index contributed by atoms with van der Waals surface area (Å²) in [5, 5.41) is 27.8. The number of amides is 1. The van der Waals surface area contributed by atoms with E-state index in [2.05, 4.69) is 64.3 Å². The number of hydrogen-bond donors (Lipinski definition) is 3. The molecule has 2 aromatic rings. The van der Waals surface area contributed by atoms with Crippen molar-refractivity contribution in [2.75, 3.05) is 29.9 Å². The van der Waals surface area contributed by atoms with Crippen molar-refractivity contribution in [3.63, 3.8) is 0 Å². The highest BCUT2D eigenvalue weighted by molar-refractivity contribution is 7.99. The summed E-state index contributed by atoms with van der Waals surface area (Å²) in [4.78, 5) is 22.4. The molecule has 0 aliphatic heterocycles. The largest absolute Gasteiger partial charge is 0.507 e. The lowest BCUT2D eigenvalue weighted by atomic mass is 9.78. The van der Waals surface area contributed by atoms with E-state index in [9.17, 15) is 20.0 Å². The van der Waals surface area contributed by atoms with Gasteiger partial charge >= 0.3 is 0 Å². The molecule has 0 aromatic heterocycles. The minimum Gasteiger partial charge on any atom is -0.507 e. The van der Waals surface area contributed by atoms with Gasteiger partial charge in [-0.2, -0.15) is 11.8 Å². The van der Waals surface area contributed by atoms with Crippen LogP contribution in [-0.4, -0.2) is 40.5 Å². The van der Waals surface area contributed by atoms with E-state index in [4.69, 9.17) is 11.6 Å². The maximum absolute atomic E-state index is 12.1. The molecule has 0 atom stereocenters. The Bertz CT molecular complexity index is 1040. The van der Waals surface area contributed by atoms with E-state index in [1.54, 1.807) is 17.8 Å². The molecule has 0 saturated heterocycles. The molecule has 0 unspecified atom stereocenters. The molecule has 0 fully saturated rings. The van der Waals surface area contributed by atoms with Crippen LogP contribution in [0.15, 0.2) is 30.3 Å². The average molecular weight is 536 g/mol. The number of anilines is 1. The van der Waals surface area contributed by atoms with Gasteiger partial charge in [0.2, 0.25) is 5.91 Å². The van der Waals surface area contributed by atoms with Gasteiger partial charge in [-0.15, -0.1) is 0 Å². The Morgan fingerprint density at radius 2 is 1.67 bits per heavy atom. The van der Waals surface area contributed by atoms with Crippen LogP contribution < -0.4 is 10.6 Å². The fraction of sp³-hybridized carbons (Fsp3) is 0.519. The molecule has 0 bridgehead atoms. The lowest BCUT2D eigenvalue weighted by Crippen LogP contribution is -2.30. The molecule has 198 valence electrons. The number of nitro groups is 1. The molecule has 0 spiro atoms. The van der Waals surface area contributed by atoms with Crippen molar-refractivity contribution in [2.24, 2.45) is 0 Å². The number of non-ortho nitro benzene ring substituents is 1. The van der Waals surface area contributed by atoms with Gasteiger partial charge in [0, 0.05) is 25.2 Å². The summed E-state index contributed by atoms with van der Waals surface area (Å²) in [6.45, 7) is 13.6. The van der Waals surface area contributed by atoms with Gasteiger partial charge < -0.3 is 15.7 Å². The first kappa shape index (κ1) is 29.8. The summed E-state index contributed by atoms with van der Waals surface area (Å²) in [5.74, 6) is 1.61. The first-order chi connectivity index (χ1) is 16.7. The highest BCUT2D eigenvalue weighted by Crippen LogP contribution is 2.40. The van der Waals surface area contributed by atoms with E-state index >= 15 is 0 Å². The quantitative estimate of drug-likeness (QED) is 0.174. The molecule has 7 nitrogen and oxygen atoms in total. The van der Waals surface area contributed by atoms with Crippen LogP contribution in [0.3, 0.4) is 0 Å². The van der Waals surface area contributed by atoms with Crippen molar-refractivity contribution >= 4 is 40.6 Å². The molecule has 0 saturated carbocycles. The lowest BCUT2D eigenvalue weighted by molar-refractivity contribution is -0.384. The molecule has 0 aliphatic carbocycles. The van der Waals surface area contributed by atoms with E-state index in [1.165, 1.54) is 17.7 Å². The summed E-state index contributed by atoms with van der Waals surface area (Å²) in [7, 11) is 0. The monoisotopic (exact) mass is 535 g/mol. The molecule has 2 rings (SSSR count). The summed E-state index contributed by atoms with van der Waals surface area (Å²) in [6.07, 6.45) is 1.83. The number of carbonyl (C=O) groups is 1. The number of thioether (sulfide) groups is 1. The number of hydrogen-bond acceptors (Lipinski definition) is 6. The van der Waals surface area contributed by atoms with Gasteiger partial charge in [0.15, 0.2) is 0 Å². The smallest absolute Gasteiger partial charge is 0.271 e. The highest BCUT2D eigenvalue weighted by Gasteiger charge is 2.26. The van der Waals surface area contributed by atoms with Crippen molar-refractivity contribution in [1.82, 2.24) is 5.32 Å². The maximum atomic E-state index is 12.1. The fourth-order valence-electron chi connectivity index (χ4n) is 3.74. The van der Waals surface area contributed by atoms with E-state index in [0.717, 1.165) is 29.7 Å². The van der Waals surface area contributed by atoms with E-state index in [-0.39, 0.29) is 27.4 Å². The minimum absolute atomic E-state index is 0.0359. The molecular formula is C27H38ClN3O4S. The number of rotatable bonds is 11. The number of phenols is 1. The zero-order valence-corrected chi connectivity index (χ0v) is 23.6. The number of aromatic hydroxyl groups is 1. The topological polar surface area (TPSA) is 104 Å². The predicted molar refractivity (Wildman–Crippen MR) is 151 cm³/mol. The van der Waals surface area contributed by atoms with Crippen LogP contribution in [0.4, 0.5) is 11.4 Å². The van der Waals surface area contributed by atoms with Crippen LogP contribution in [0.1, 0.15) is 64.7 Å². The third kappa shape index (κ3) is 8.89. The molecular weight excluding hydrogens is 498 g/mol. The number of halogens is 1. The molecule has 0 radical (unpaired) electrons. The summed E-state index contributed by atoms with van der Waals surface area (Å²) in [6, 6.07) is 8.47. The molecule has 3 N–H and O–H groups in total. The van der Waals surface area contributed by atoms with Crippen molar-refractivity contribution in [3.8, 4) is 5.75 Å². The number of nitro benzene ring substituents is 1. The van der Waals surface area contributed by atoms with Gasteiger partial charge in [-0.1, -0.05) is 65.3 Å². The van der Waals surface area contributed by atoms with Crippen molar-refractivity contribution in [2.45, 2.75) is 65.2 Å². The Labute approximate surface area is 223 Å². The molecule has 9 heteroatoms. The average Bonchev–Trinajstić information content (AvgIpc) is 2.76. The zero-order valence-electron chi connectivity index (χ0n) is 22.0. The van der Waals surface area contributed by atoms with E-state index < -0.39 is 4.92 Å². The van der Waals surface area contributed by atoms with Crippen LogP contribution in [-0.2, 0) is 22.0 Å². The number of benzene rings is 2. The van der Waals surface area contributed by atoms with Crippen molar-refractivity contribution < 1.29 is 14.8 Å². The number of carbonyl (C=O) groups excluding carboxylic acids is 1. The number of aryl methyl sites for hydroxylation is 1. The van der Waals surface area contributed by atoms with Gasteiger partial charge in [-0.3, -0.25) is 14.9 Å². The summed E-state index contributed by atoms with van der Waals surface area (Å²) >= 11 is 7.65. The lowest BCUT2D eigenvalue weighted by Gasteiger charge is -2.28. The molecule has 0 heterocycles. The first-order valence-electron chi connectivity index (χ1n) is 12.1. The second-order valence-electron chi connectivity index (χ2n) is 10.9. The third-order valence-electron chi connectivity index (χ3n) is 5.70. The predicted octanol–water partition coefficient (Wildman–Crippen LogP) is 6.44. The second kappa shape index (κ2) is 12.7. The second-order valence-corrected chi connectivity index (χ2v) is 12.4. The number of phenolic OH excluding ortho intramolecular Hbond substituents is 1. The fourth-order valence-corrected chi connectivity index (χ4v) is 4.76. The minimum atomic E-state index is -0.496. The molecule has 36 heavy (non-hydrogen) atoms. The van der Waals surface area contributed by atoms with Gasteiger partial charge in [0.1, 0.15) is 5.75 Å². The highest BCUT2D eigenvalue weighted by atomic mass is 35.5. The van der Waals surface area contributed by atoms with Crippen LogP contribution in [0.5, 0.6) is 5.75 Å². The number of nitrogens with zero attached hydrogens (tertiary/aromatic N) is 1. The Morgan fingerprint density at radius 1 is 1.06 bits per heavy atom. The maximum Gasteiger partial charge on any atom is 0.271 e. The van der Waals surface area contributed by atoms with Crippen LogP contribution in [0.25, 0.3) is 0 Å². The number of nitrogens with one attached hydrogen (secondary N) is 2. The molecule has 1 amide bonds. The zero-order chi connectivity index (χ0) is 27.1. The van der Waals surface area contributed by atoms with E-state index in [1.807, 2.05) is 0 Å². The van der Waals surface area contributed by atoms with Gasteiger partial charge in [-0.25, -0.2) is 0 Å². The summed E-state index contributed by atoms with van der Waals surface area (Å²) in [5.41, 5.74) is 3.39. The van der Waals surface area contributed by atoms with Gasteiger partial charge in [-0.05, 0) is 52.2 Å². The third-order valence-corrected chi connectivity index (χ3v) is 7.06. The molecule has 2 aromatic carbocycles. The first-order valence-corrected chi connectivity index (χ1v) is 13.6. The summed E-state index contributed by atoms with van der Waals surface area (Å²) < 4.78 is 0. The van der Waals surface area contributed by atoms with Crippen LogP contribution in [0, 0.1) is 10.1 Å². The van der Waals surface area contributed by atoms with Crippen molar-refractivity contribution in [1.29, 1.82) is 0 Å². The van der Waals surface area contributed by atoms with Crippen molar-refractivity contribution in [3.05, 3.63) is 62.2 Å². The normalized spacial score (nSPS) is 11.9. The molecule has 0 aliphatic rings. The Balaban J connectivity index is 1.75. The van der Waals surface area contributed by atoms with E-state index in [0.29, 0.717) is 30.3 Å².